The van der Waals surface area contributed by atoms with E-state index >= 15 is 0 Å². The monoisotopic (exact) mass is 278 g/mol. The van der Waals surface area contributed by atoms with E-state index in [0.29, 0.717) is 0 Å². The summed E-state index contributed by atoms with van der Waals surface area (Å²) >= 11 is 0. The zero-order valence-electron chi connectivity index (χ0n) is 9.90. The fourth-order valence-corrected chi connectivity index (χ4v) is 1.64. The van der Waals surface area contributed by atoms with Gasteiger partial charge < -0.3 is 30.6 Å². The number of carbonyl (C=O) groups is 1. The number of hydrogen-bond donors (Lipinski definition) is 6. The first-order valence-electron chi connectivity index (χ1n) is 5.36. The molecule has 0 unspecified atom stereocenters. The summed E-state index contributed by atoms with van der Waals surface area (Å²) in [5.41, 5.74) is -0.777. The molecule has 0 aliphatic heterocycles. The van der Waals surface area contributed by atoms with Gasteiger partial charge in [-0.05, 0) is 18.2 Å². The van der Waals surface area contributed by atoms with Crippen LogP contribution in [0.5, 0.6) is 34.5 Å². The second-order valence-electron chi connectivity index (χ2n) is 4.02. The Morgan fingerprint density at radius 2 is 1.25 bits per heavy atom. The van der Waals surface area contributed by atoms with Gasteiger partial charge >= 0.3 is 0 Å². The highest BCUT2D eigenvalue weighted by Gasteiger charge is 2.22. The second kappa shape index (κ2) is 4.54. The van der Waals surface area contributed by atoms with Gasteiger partial charge in [0.2, 0.25) is 11.5 Å². The highest BCUT2D eigenvalue weighted by molar-refractivity contribution is 6.13. The molecular formula is C13H10O7. The SMILES string of the molecule is O=C(c1cc(O)c(O)cc1O)c1ccc(O)c(O)c1O. The third kappa shape index (κ3) is 2.01. The van der Waals surface area contributed by atoms with E-state index in [1.54, 1.807) is 0 Å². The Morgan fingerprint density at radius 1 is 0.650 bits per heavy atom. The number of benzene rings is 2. The van der Waals surface area contributed by atoms with Gasteiger partial charge in [-0.15, -0.1) is 0 Å². The number of hydrogen-bond acceptors (Lipinski definition) is 7. The Kier molecular flexibility index (Phi) is 3.03. The molecule has 0 saturated heterocycles. The van der Waals surface area contributed by atoms with Crippen LogP contribution in [0.1, 0.15) is 15.9 Å². The van der Waals surface area contributed by atoms with Crippen molar-refractivity contribution in [3.8, 4) is 34.5 Å². The first-order valence-corrected chi connectivity index (χ1v) is 5.36. The minimum Gasteiger partial charge on any atom is -0.507 e. The maximum atomic E-state index is 12.1. The van der Waals surface area contributed by atoms with E-state index in [1.807, 2.05) is 0 Å². The topological polar surface area (TPSA) is 138 Å². The number of ketones is 1. The molecule has 0 aliphatic rings. The zero-order chi connectivity index (χ0) is 15.0. The molecule has 0 spiro atoms. The van der Waals surface area contributed by atoms with Crippen LogP contribution in [0.25, 0.3) is 0 Å². The lowest BCUT2D eigenvalue weighted by Gasteiger charge is -2.09. The van der Waals surface area contributed by atoms with Crippen molar-refractivity contribution in [1.82, 2.24) is 0 Å². The van der Waals surface area contributed by atoms with Crippen molar-refractivity contribution < 1.29 is 35.4 Å². The fourth-order valence-electron chi connectivity index (χ4n) is 1.64. The van der Waals surface area contributed by atoms with E-state index < -0.39 is 40.3 Å². The number of rotatable bonds is 2. The fraction of sp³-hybridized carbons (Fsp3) is 0. The molecule has 0 fully saturated rings. The molecule has 6 N–H and O–H groups in total. The lowest BCUT2D eigenvalue weighted by atomic mass is 10.0. The number of phenols is 6. The summed E-state index contributed by atoms with van der Waals surface area (Å²) in [5, 5.41) is 56.2. The Labute approximate surface area is 112 Å². The molecule has 7 heteroatoms. The average Bonchev–Trinajstić information content (AvgIpc) is 2.40. The van der Waals surface area contributed by atoms with Crippen LogP contribution >= 0.6 is 0 Å². The van der Waals surface area contributed by atoms with E-state index in [-0.39, 0.29) is 11.1 Å². The minimum atomic E-state index is -0.911. The van der Waals surface area contributed by atoms with Crippen molar-refractivity contribution in [2.75, 3.05) is 0 Å². The Balaban J connectivity index is 2.58. The van der Waals surface area contributed by atoms with Crippen molar-refractivity contribution in [3.05, 3.63) is 35.4 Å². The van der Waals surface area contributed by atoms with Gasteiger partial charge in [-0.25, -0.2) is 0 Å². The standard InChI is InChI=1S/C13H10O7/c14-7-2-1-5(12(19)13(7)20)11(18)6-3-9(16)10(17)4-8(6)15/h1-4,14-17,19-20H. The summed E-state index contributed by atoms with van der Waals surface area (Å²) in [6.45, 7) is 0. The Bertz CT molecular complexity index is 702. The number of phenolic OH excluding ortho intramolecular Hbond substituents is 6. The first kappa shape index (κ1) is 13.3. The molecule has 0 amide bonds. The van der Waals surface area contributed by atoms with Crippen molar-refractivity contribution in [1.29, 1.82) is 0 Å². The number of carbonyl (C=O) groups excluding carboxylic acids is 1. The van der Waals surface area contributed by atoms with Gasteiger partial charge in [-0.2, -0.15) is 0 Å². The van der Waals surface area contributed by atoms with Gasteiger partial charge in [0.15, 0.2) is 23.0 Å². The molecule has 2 aromatic rings. The molecule has 104 valence electrons. The van der Waals surface area contributed by atoms with Crippen LogP contribution in [0.2, 0.25) is 0 Å². The molecule has 0 bridgehead atoms. The molecule has 0 atom stereocenters. The van der Waals surface area contributed by atoms with Crippen molar-refractivity contribution in [3.63, 3.8) is 0 Å². The number of aromatic hydroxyl groups is 6. The van der Waals surface area contributed by atoms with Crippen LogP contribution < -0.4 is 0 Å². The van der Waals surface area contributed by atoms with Crippen LogP contribution in [-0.2, 0) is 0 Å². The molecule has 0 aliphatic carbocycles. The molecule has 0 aromatic heterocycles. The second-order valence-corrected chi connectivity index (χ2v) is 4.02. The summed E-state index contributed by atoms with van der Waals surface area (Å²) in [4.78, 5) is 12.1. The molecule has 20 heavy (non-hydrogen) atoms. The molecular weight excluding hydrogens is 268 g/mol. The van der Waals surface area contributed by atoms with Crippen LogP contribution in [0.4, 0.5) is 0 Å². The van der Waals surface area contributed by atoms with Crippen LogP contribution in [0.3, 0.4) is 0 Å². The van der Waals surface area contributed by atoms with Gasteiger partial charge in [0, 0.05) is 6.07 Å². The minimum absolute atomic E-state index is 0.388. The maximum absolute atomic E-state index is 12.1. The molecule has 2 rings (SSSR count). The van der Waals surface area contributed by atoms with Crippen LogP contribution in [-0.4, -0.2) is 36.4 Å². The summed E-state index contributed by atoms with van der Waals surface area (Å²) in [6.07, 6.45) is 0. The van der Waals surface area contributed by atoms with E-state index in [2.05, 4.69) is 0 Å². The lowest BCUT2D eigenvalue weighted by molar-refractivity contribution is 0.103. The van der Waals surface area contributed by atoms with Crippen molar-refractivity contribution in [2.24, 2.45) is 0 Å². The van der Waals surface area contributed by atoms with Gasteiger partial charge in [0.25, 0.3) is 0 Å². The first-order chi connectivity index (χ1) is 9.32. The summed E-state index contributed by atoms with van der Waals surface area (Å²) < 4.78 is 0. The van der Waals surface area contributed by atoms with Gasteiger partial charge in [-0.1, -0.05) is 0 Å². The maximum Gasteiger partial charge on any atom is 0.201 e. The largest absolute Gasteiger partial charge is 0.507 e. The highest BCUT2D eigenvalue weighted by Crippen LogP contribution is 2.40. The highest BCUT2D eigenvalue weighted by atomic mass is 16.3. The molecule has 7 nitrogen and oxygen atoms in total. The van der Waals surface area contributed by atoms with Gasteiger partial charge in [0.1, 0.15) is 5.75 Å². The predicted molar refractivity (Wildman–Crippen MR) is 66.3 cm³/mol. The van der Waals surface area contributed by atoms with E-state index in [0.717, 1.165) is 24.3 Å². The van der Waals surface area contributed by atoms with E-state index in [9.17, 15) is 25.2 Å². The third-order valence-corrected chi connectivity index (χ3v) is 2.71. The predicted octanol–water partition coefficient (Wildman–Crippen LogP) is 1.15. The molecule has 2 aromatic carbocycles. The summed E-state index contributed by atoms with van der Waals surface area (Å²) in [7, 11) is 0. The smallest absolute Gasteiger partial charge is 0.201 e. The average molecular weight is 278 g/mol. The molecule has 0 radical (unpaired) electrons. The van der Waals surface area contributed by atoms with E-state index in [4.69, 9.17) is 10.2 Å². The third-order valence-electron chi connectivity index (χ3n) is 2.71. The molecule has 0 saturated carbocycles. The Hall–Kier alpha value is -3.09. The Morgan fingerprint density at radius 3 is 1.90 bits per heavy atom. The quantitative estimate of drug-likeness (QED) is 0.275. The molecule has 0 heterocycles. The van der Waals surface area contributed by atoms with Crippen molar-refractivity contribution >= 4 is 5.78 Å². The summed E-state index contributed by atoms with van der Waals surface area (Å²) in [6, 6.07) is 3.60. The normalized spacial score (nSPS) is 10.4. The van der Waals surface area contributed by atoms with Crippen LogP contribution in [0, 0.1) is 0 Å². The van der Waals surface area contributed by atoms with Crippen molar-refractivity contribution in [2.45, 2.75) is 0 Å². The summed E-state index contributed by atoms with van der Waals surface area (Å²) in [5.74, 6) is -5.12. The lowest BCUT2D eigenvalue weighted by Crippen LogP contribution is -2.02. The van der Waals surface area contributed by atoms with Crippen LogP contribution in [0.15, 0.2) is 24.3 Å². The van der Waals surface area contributed by atoms with Gasteiger partial charge in [-0.3, -0.25) is 4.79 Å². The van der Waals surface area contributed by atoms with Gasteiger partial charge in [0.05, 0.1) is 11.1 Å². The zero-order valence-corrected chi connectivity index (χ0v) is 9.90. The van der Waals surface area contributed by atoms with E-state index in [1.165, 1.54) is 0 Å².